The van der Waals surface area contributed by atoms with E-state index in [4.69, 9.17) is 4.74 Å². The van der Waals surface area contributed by atoms with Gasteiger partial charge in [0.15, 0.2) is 11.5 Å². The minimum atomic E-state index is -4.65. The van der Waals surface area contributed by atoms with Crippen molar-refractivity contribution in [2.45, 2.75) is 18.3 Å². The summed E-state index contributed by atoms with van der Waals surface area (Å²) < 4.78 is 48.1. The van der Waals surface area contributed by atoms with Gasteiger partial charge in [0, 0.05) is 37.6 Å². The fourth-order valence-electron chi connectivity index (χ4n) is 4.81. The molecule has 3 aromatic heterocycles. The van der Waals surface area contributed by atoms with Crippen molar-refractivity contribution in [3.63, 3.8) is 0 Å². The summed E-state index contributed by atoms with van der Waals surface area (Å²) >= 11 is 0. The first-order chi connectivity index (χ1) is 20.7. The highest BCUT2D eigenvalue weighted by atomic mass is 19.4. The molecule has 1 saturated heterocycles. The predicted octanol–water partition coefficient (Wildman–Crippen LogP) is 5.66. The third-order valence-corrected chi connectivity index (χ3v) is 7.07. The van der Waals surface area contributed by atoms with Crippen molar-refractivity contribution < 1.29 is 22.7 Å². The van der Waals surface area contributed by atoms with Crippen LogP contribution in [0.3, 0.4) is 0 Å². The monoisotopic (exact) mass is 585 g/mol. The van der Waals surface area contributed by atoms with Crippen LogP contribution in [0.2, 0.25) is 0 Å². The molecule has 0 spiro atoms. The molecule has 2 aromatic carbocycles. The van der Waals surface area contributed by atoms with Crippen LogP contribution < -0.4 is 5.32 Å². The van der Waals surface area contributed by atoms with Crippen LogP contribution in [0.1, 0.15) is 27.7 Å². The zero-order valence-corrected chi connectivity index (χ0v) is 23.2. The Morgan fingerprint density at radius 3 is 2.37 bits per heavy atom. The Bertz CT molecular complexity index is 1740. The molecule has 1 amide bonds. The minimum Gasteiger partial charge on any atom is -0.369 e. The summed E-state index contributed by atoms with van der Waals surface area (Å²) in [5.74, 6) is 0.265. The molecule has 0 radical (unpaired) electrons. The Hall–Kier alpha value is -5.10. The molecule has 0 aliphatic carbocycles. The highest BCUT2D eigenvalue weighted by molar-refractivity contribution is 5.94. The van der Waals surface area contributed by atoms with E-state index in [1.807, 2.05) is 36.4 Å². The number of benzene rings is 2. The number of pyridine rings is 1. The first kappa shape index (κ1) is 28.0. The number of ether oxygens (including phenoxy) is 1. The number of carbonyl (C=O) groups is 1. The first-order valence-corrected chi connectivity index (χ1v) is 13.4. The highest BCUT2D eigenvalue weighted by Gasteiger charge is 2.37. The Kier molecular flexibility index (Phi) is 7.36. The van der Waals surface area contributed by atoms with Crippen molar-refractivity contribution in [3.8, 4) is 28.2 Å². The van der Waals surface area contributed by atoms with Crippen LogP contribution in [-0.4, -0.2) is 62.5 Å². The van der Waals surface area contributed by atoms with Gasteiger partial charge >= 0.3 is 6.18 Å². The van der Waals surface area contributed by atoms with E-state index in [2.05, 4.69) is 25.6 Å². The molecule has 2 atom stereocenters. The summed E-state index contributed by atoms with van der Waals surface area (Å²) in [7, 11) is 3.43. The van der Waals surface area contributed by atoms with Gasteiger partial charge in [0.25, 0.3) is 5.91 Å². The molecule has 9 nitrogen and oxygen atoms in total. The Labute approximate surface area is 245 Å². The molecule has 218 valence electrons. The molecule has 1 N–H and O–H groups in total. The van der Waals surface area contributed by atoms with Crippen molar-refractivity contribution >= 4 is 11.7 Å². The van der Waals surface area contributed by atoms with E-state index in [-0.39, 0.29) is 29.6 Å². The highest BCUT2D eigenvalue weighted by Crippen LogP contribution is 2.35. The molecule has 2 unspecified atom stereocenters. The van der Waals surface area contributed by atoms with Gasteiger partial charge in [-0.15, -0.1) is 10.2 Å². The van der Waals surface area contributed by atoms with Crippen LogP contribution >= 0.6 is 0 Å². The Morgan fingerprint density at radius 2 is 1.74 bits per heavy atom. The fraction of sp³-hybridized carbons (Fsp3) is 0.194. The summed E-state index contributed by atoms with van der Waals surface area (Å²) in [6.07, 6.45) is -1.93. The maximum absolute atomic E-state index is 13.8. The van der Waals surface area contributed by atoms with Crippen LogP contribution in [0, 0.1) is 0 Å². The van der Waals surface area contributed by atoms with E-state index < -0.39 is 11.9 Å². The molecule has 5 aromatic rings. The second-order valence-electron chi connectivity index (χ2n) is 10.3. The molecule has 43 heavy (non-hydrogen) atoms. The summed E-state index contributed by atoms with van der Waals surface area (Å²) in [6.45, 7) is 0.422. The summed E-state index contributed by atoms with van der Waals surface area (Å²) in [5.41, 5.74) is 3.12. The lowest BCUT2D eigenvalue weighted by atomic mass is 9.94. The molecule has 6 rings (SSSR count). The van der Waals surface area contributed by atoms with Crippen molar-refractivity contribution in [3.05, 3.63) is 108 Å². The van der Waals surface area contributed by atoms with Crippen LogP contribution in [0.4, 0.5) is 19.0 Å². The van der Waals surface area contributed by atoms with E-state index in [0.29, 0.717) is 23.6 Å². The molecule has 1 aliphatic rings. The quantitative estimate of drug-likeness (QED) is 0.263. The lowest BCUT2D eigenvalue weighted by Crippen LogP contribution is -2.43. The molecule has 12 heteroatoms. The molecule has 0 saturated carbocycles. The van der Waals surface area contributed by atoms with Gasteiger partial charge < -0.3 is 15.0 Å². The number of nitrogens with zero attached hydrogens (tertiary/aromatic N) is 6. The van der Waals surface area contributed by atoms with E-state index in [9.17, 15) is 18.0 Å². The average Bonchev–Trinajstić information content (AvgIpc) is 3.47. The van der Waals surface area contributed by atoms with Crippen LogP contribution in [-0.2, 0) is 10.9 Å². The van der Waals surface area contributed by atoms with E-state index >= 15 is 0 Å². The number of anilines is 1. The van der Waals surface area contributed by atoms with Crippen LogP contribution in [0.15, 0.2) is 91.3 Å². The number of rotatable bonds is 7. The van der Waals surface area contributed by atoms with Crippen LogP contribution in [0.25, 0.3) is 28.2 Å². The third kappa shape index (κ3) is 5.82. The van der Waals surface area contributed by atoms with Gasteiger partial charge in [0.05, 0.1) is 18.3 Å². The van der Waals surface area contributed by atoms with Gasteiger partial charge in [-0.1, -0.05) is 30.3 Å². The summed E-state index contributed by atoms with van der Waals surface area (Å²) in [4.78, 5) is 17.7. The Balaban J connectivity index is 1.17. The molecule has 1 fully saturated rings. The smallest absolute Gasteiger partial charge is 0.369 e. The maximum atomic E-state index is 13.8. The van der Waals surface area contributed by atoms with E-state index in [1.165, 1.54) is 23.4 Å². The fourth-order valence-corrected chi connectivity index (χ4v) is 4.81. The van der Waals surface area contributed by atoms with Gasteiger partial charge in [-0.3, -0.25) is 9.78 Å². The van der Waals surface area contributed by atoms with Crippen molar-refractivity contribution in [1.82, 2.24) is 29.9 Å². The summed E-state index contributed by atoms with van der Waals surface area (Å²) in [5, 5.41) is 15.6. The van der Waals surface area contributed by atoms with E-state index in [0.717, 1.165) is 27.4 Å². The van der Waals surface area contributed by atoms with Crippen molar-refractivity contribution in [1.29, 1.82) is 0 Å². The number of halogens is 3. The largest absolute Gasteiger partial charge is 0.433 e. The molecular formula is C31H26F3N7O2. The standard InChI is InChI=1S/C31H26F3N7O2/c1-40(2)30(42)20-10-8-19(9-11-20)21-5-3-6-22(15-21)29-25(18-43-29)36-27-12-13-28(38-37-27)41-26(31(32,33)34)16-24(39-41)23-7-4-14-35-17-23/h3-17,25,29H,18H2,1-2H3,(H,36,37). The molecule has 0 bridgehead atoms. The lowest BCUT2D eigenvalue weighted by Gasteiger charge is -2.38. The van der Waals surface area contributed by atoms with Gasteiger partial charge in [-0.25, -0.2) is 4.68 Å². The number of hydrogen-bond donors (Lipinski definition) is 1. The first-order valence-electron chi connectivity index (χ1n) is 13.4. The number of amides is 1. The van der Waals surface area contributed by atoms with Crippen LogP contribution in [0.5, 0.6) is 0 Å². The lowest BCUT2D eigenvalue weighted by molar-refractivity contribution is -0.142. The summed E-state index contributed by atoms with van der Waals surface area (Å²) in [6, 6.07) is 22.5. The van der Waals surface area contributed by atoms with Gasteiger partial charge in [-0.2, -0.15) is 18.3 Å². The van der Waals surface area contributed by atoms with Crippen molar-refractivity contribution in [2.75, 3.05) is 26.0 Å². The van der Waals surface area contributed by atoms with Gasteiger partial charge in [-0.05, 0) is 65.2 Å². The van der Waals surface area contributed by atoms with Gasteiger partial charge in [0.2, 0.25) is 0 Å². The van der Waals surface area contributed by atoms with Gasteiger partial charge in [0.1, 0.15) is 11.9 Å². The predicted molar refractivity (Wildman–Crippen MR) is 153 cm³/mol. The molecule has 1 aliphatic heterocycles. The SMILES string of the molecule is CN(C)C(=O)c1ccc(-c2cccc(C3OCC3Nc3ccc(-n4nc(-c5cccnc5)cc4C(F)(F)F)nn3)c2)cc1. The third-order valence-electron chi connectivity index (χ3n) is 7.07. The number of carbonyl (C=O) groups excluding carboxylic acids is 1. The molecular weight excluding hydrogens is 559 g/mol. The second kappa shape index (κ2) is 11.3. The van der Waals surface area contributed by atoms with Crippen molar-refractivity contribution in [2.24, 2.45) is 0 Å². The maximum Gasteiger partial charge on any atom is 0.433 e. The number of alkyl halides is 3. The zero-order chi connectivity index (χ0) is 30.1. The normalized spacial score (nSPS) is 16.4. The second-order valence-corrected chi connectivity index (χ2v) is 10.3. The molecule has 4 heterocycles. The Morgan fingerprint density at radius 1 is 0.953 bits per heavy atom. The zero-order valence-electron chi connectivity index (χ0n) is 23.2. The number of nitrogens with one attached hydrogen (secondary N) is 1. The minimum absolute atomic E-state index is 0.0619. The number of aromatic nitrogens is 5. The van der Waals surface area contributed by atoms with E-state index in [1.54, 1.807) is 44.4 Å². The average molecular weight is 586 g/mol. The topological polar surface area (TPSA) is 98.1 Å². The number of hydrogen-bond acceptors (Lipinski definition) is 7.